The number of nitrogens with zero attached hydrogens (tertiary/aromatic N) is 5. The molecule has 0 radical (unpaired) electrons. The minimum atomic E-state index is -0.148. The Kier molecular flexibility index (Phi) is 5.03. The molecule has 1 amide bonds. The molecule has 4 rings (SSSR count). The van der Waals surface area contributed by atoms with E-state index in [-0.39, 0.29) is 18.9 Å². The molecule has 142 valence electrons. The smallest absolute Gasteiger partial charge is 0.261 e. The van der Waals surface area contributed by atoms with Crippen molar-refractivity contribution < 1.29 is 9.32 Å². The van der Waals surface area contributed by atoms with Gasteiger partial charge < -0.3 is 9.84 Å². The van der Waals surface area contributed by atoms with E-state index in [4.69, 9.17) is 16.1 Å². The highest BCUT2D eigenvalue weighted by molar-refractivity contribution is 6.31. The van der Waals surface area contributed by atoms with E-state index in [1.165, 1.54) is 0 Å². The Morgan fingerprint density at radius 3 is 2.86 bits per heavy atom. The van der Waals surface area contributed by atoms with Gasteiger partial charge in [0.2, 0.25) is 5.91 Å². The van der Waals surface area contributed by atoms with E-state index in [2.05, 4.69) is 25.7 Å². The van der Waals surface area contributed by atoms with Crippen LogP contribution < -0.4 is 5.32 Å². The summed E-state index contributed by atoms with van der Waals surface area (Å²) in [6, 6.07) is 11.0. The Morgan fingerprint density at radius 1 is 1.21 bits per heavy atom. The Hall–Kier alpha value is -3.26. The molecule has 1 aromatic carbocycles. The SMILES string of the molecule is CCc1noc(-c2cccn3c(CNC(=O)Cc4ccccc4Cl)nnc23)n1. The van der Waals surface area contributed by atoms with E-state index in [1.54, 1.807) is 10.5 Å². The van der Waals surface area contributed by atoms with Crippen LogP contribution in [0.5, 0.6) is 0 Å². The molecule has 3 aromatic heterocycles. The molecule has 0 fully saturated rings. The van der Waals surface area contributed by atoms with Crippen LogP contribution in [0.1, 0.15) is 24.1 Å². The van der Waals surface area contributed by atoms with Gasteiger partial charge in [-0.15, -0.1) is 10.2 Å². The van der Waals surface area contributed by atoms with Gasteiger partial charge in [0.1, 0.15) is 0 Å². The Balaban J connectivity index is 1.51. The number of fused-ring (bicyclic) bond motifs is 1. The van der Waals surface area contributed by atoms with Crippen LogP contribution in [0.2, 0.25) is 5.02 Å². The standard InChI is InChI=1S/C19H17ClN6O2/c1-2-15-22-19(28-25-15)13-7-5-9-26-16(23-24-18(13)26)11-21-17(27)10-12-6-3-4-8-14(12)20/h3-9H,2,10-11H2,1H3,(H,21,27). The molecule has 0 spiro atoms. The maximum Gasteiger partial charge on any atom is 0.261 e. The van der Waals surface area contributed by atoms with Gasteiger partial charge in [-0.2, -0.15) is 4.98 Å². The zero-order chi connectivity index (χ0) is 19.5. The second-order valence-electron chi connectivity index (χ2n) is 6.15. The van der Waals surface area contributed by atoms with Crippen LogP contribution in [0.3, 0.4) is 0 Å². The molecule has 3 heterocycles. The summed E-state index contributed by atoms with van der Waals surface area (Å²) in [6.07, 6.45) is 2.71. The van der Waals surface area contributed by atoms with Crippen molar-refractivity contribution in [2.24, 2.45) is 0 Å². The molecule has 4 aromatic rings. The van der Waals surface area contributed by atoms with Crippen LogP contribution in [-0.4, -0.2) is 30.6 Å². The summed E-state index contributed by atoms with van der Waals surface area (Å²) < 4.78 is 7.10. The molecule has 9 heteroatoms. The maximum absolute atomic E-state index is 12.3. The van der Waals surface area contributed by atoms with Gasteiger partial charge in [0.25, 0.3) is 5.89 Å². The van der Waals surface area contributed by atoms with Gasteiger partial charge in [0, 0.05) is 17.6 Å². The first kappa shape index (κ1) is 18.1. The van der Waals surface area contributed by atoms with Crippen molar-refractivity contribution in [1.82, 2.24) is 30.1 Å². The number of hydrogen-bond acceptors (Lipinski definition) is 6. The summed E-state index contributed by atoms with van der Waals surface area (Å²) in [5.41, 5.74) is 2.05. The molecule has 0 aliphatic heterocycles. The molecular formula is C19H17ClN6O2. The van der Waals surface area contributed by atoms with E-state index < -0.39 is 0 Å². The summed E-state index contributed by atoms with van der Waals surface area (Å²) in [6.45, 7) is 2.19. The summed E-state index contributed by atoms with van der Waals surface area (Å²) in [5, 5.41) is 15.7. The largest absolute Gasteiger partial charge is 0.348 e. The van der Waals surface area contributed by atoms with E-state index in [0.717, 1.165) is 5.56 Å². The van der Waals surface area contributed by atoms with Crippen LogP contribution in [0.25, 0.3) is 17.1 Å². The van der Waals surface area contributed by atoms with Crippen molar-refractivity contribution in [2.45, 2.75) is 26.3 Å². The first-order valence-electron chi connectivity index (χ1n) is 8.81. The average Bonchev–Trinajstić information content (AvgIpc) is 3.35. The molecular weight excluding hydrogens is 380 g/mol. The zero-order valence-electron chi connectivity index (χ0n) is 15.1. The van der Waals surface area contributed by atoms with Crippen LogP contribution in [0, 0.1) is 0 Å². The lowest BCUT2D eigenvalue weighted by Crippen LogP contribution is -2.25. The molecule has 1 N–H and O–H groups in total. The predicted octanol–water partition coefficient (Wildman–Crippen LogP) is 2.85. The lowest BCUT2D eigenvalue weighted by atomic mass is 10.1. The third-order valence-electron chi connectivity index (χ3n) is 4.27. The third kappa shape index (κ3) is 3.59. The van der Waals surface area contributed by atoms with E-state index in [9.17, 15) is 4.79 Å². The maximum atomic E-state index is 12.3. The number of carbonyl (C=O) groups excluding carboxylic acids is 1. The fourth-order valence-corrected chi connectivity index (χ4v) is 3.02. The molecule has 0 saturated heterocycles. The van der Waals surface area contributed by atoms with Gasteiger partial charge in [-0.3, -0.25) is 9.20 Å². The minimum Gasteiger partial charge on any atom is -0.348 e. The quantitative estimate of drug-likeness (QED) is 0.538. The van der Waals surface area contributed by atoms with Gasteiger partial charge in [-0.25, -0.2) is 0 Å². The number of amides is 1. The fraction of sp³-hybridized carbons (Fsp3) is 0.211. The number of hydrogen-bond donors (Lipinski definition) is 1. The summed E-state index contributed by atoms with van der Waals surface area (Å²) in [5.74, 6) is 1.47. The molecule has 0 bridgehead atoms. The van der Waals surface area contributed by atoms with Gasteiger partial charge in [0.05, 0.1) is 18.5 Å². The number of benzene rings is 1. The van der Waals surface area contributed by atoms with Crippen molar-refractivity contribution in [3.8, 4) is 11.5 Å². The van der Waals surface area contributed by atoms with Gasteiger partial charge in [0.15, 0.2) is 17.3 Å². The van der Waals surface area contributed by atoms with Gasteiger partial charge >= 0.3 is 0 Å². The molecule has 28 heavy (non-hydrogen) atoms. The number of rotatable bonds is 6. The number of halogens is 1. The normalized spacial score (nSPS) is 11.1. The second kappa shape index (κ2) is 7.77. The van der Waals surface area contributed by atoms with Crippen molar-refractivity contribution in [2.75, 3.05) is 0 Å². The second-order valence-corrected chi connectivity index (χ2v) is 6.55. The average molecular weight is 397 g/mol. The van der Waals surface area contributed by atoms with Gasteiger partial charge in [-0.1, -0.05) is 41.9 Å². The van der Waals surface area contributed by atoms with Crippen LogP contribution >= 0.6 is 11.6 Å². The molecule has 8 nitrogen and oxygen atoms in total. The van der Waals surface area contributed by atoms with Crippen LogP contribution in [0.15, 0.2) is 47.1 Å². The monoisotopic (exact) mass is 396 g/mol. The van der Waals surface area contributed by atoms with Crippen molar-refractivity contribution >= 4 is 23.2 Å². The molecule has 0 aliphatic rings. The van der Waals surface area contributed by atoms with E-state index in [0.29, 0.717) is 40.2 Å². The highest BCUT2D eigenvalue weighted by atomic mass is 35.5. The van der Waals surface area contributed by atoms with Crippen molar-refractivity contribution in [3.63, 3.8) is 0 Å². The Bertz CT molecular complexity index is 1140. The highest BCUT2D eigenvalue weighted by Crippen LogP contribution is 2.22. The number of aryl methyl sites for hydroxylation is 1. The number of carbonyl (C=O) groups is 1. The molecule has 0 saturated carbocycles. The molecule has 0 unspecified atom stereocenters. The minimum absolute atomic E-state index is 0.148. The summed E-state index contributed by atoms with van der Waals surface area (Å²) >= 11 is 6.11. The summed E-state index contributed by atoms with van der Waals surface area (Å²) in [4.78, 5) is 16.6. The van der Waals surface area contributed by atoms with Crippen LogP contribution in [0.4, 0.5) is 0 Å². The van der Waals surface area contributed by atoms with Crippen molar-refractivity contribution in [1.29, 1.82) is 0 Å². The number of aromatic nitrogens is 5. The highest BCUT2D eigenvalue weighted by Gasteiger charge is 2.16. The molecule has 0 atom stereocenters. The fourth-order valence-electron chi connectivity index (χ4n) is 2.81. The Labute approximate surface area is 165 Å². The lowest BCUT2D eigenvalue weighted by molar-refractivity contribution is -0.120. The molecule has 0 aliphatic carbocycles. The van der Waals surface area contributed by atoms with Crippen molar-refractivity contribution in [3.05, 3.63) is 64.8 Å². The number of nitrogens with one attached hydrogen (secondary N) is 1. The van der Waals surface area contributed by atoms with E-state index in [1.807, 2.05) is 43.5 Å². The van der Waals surface area contributed by atoms with Crippen LogP contribution in [-0.2, 0) is 24.2 Å². The Morgan fingerprint density at radius 2 is 2.07 bits per heavy atom. The third-order valence-corrected chi connectivity index (χ3v) is 4.64. The first-order chi connectivity index (χ1) is 13.7. The lowest BCUT2D eigenvalue weighted by Gasteiger charge is -2.06. The van der Waals surface area contributed by atoms with Gasteiger partial charge in [-0.05, 0) is 23.8 Å². The number of pyridine rings is 1. The van der Waals surface area contributed by atoms with E-state index >= 15 is 0 Å². The predicted molar refractivity (Wildman–Crippen MR) is 103 cm³/mol. The first-order valence-corrected chi connectivity index (χ1v) is 9.19. The zero-order valence-corrected chi connectivity index (χ0v) is 15.8. The topological polar surface area (TPSA) is 98.2 Å². The summed E-state index contributed by atoms with van der Waals surface area (Å²) in [7, 11) is 0.